The summed E-state index contributed by atoms with van der Waals surface area (Å²) in [6, 6.07) is 21.1. The lowest BCUT2D eigenvalue weighted by Crippen LogP contribution is -2.58. The van der Waals surface area contributed by atoms with Crippen LogP contribution in [0.1, 0.15) is 116 Å². The van der Waals surface area contributed by atoms with Crippen molar-refractivity contribution >= 4 is 82.4 Å². The van der Waals surface area contributed by atoms with Crippen LogP contribution >= 0.6 is 35.3 Å². The molecule has 4 aliphatic heterocycles. The van der Waals surface area contributed by atoms with Gasteiger partial charge in [-0.25, -0.2) is 14.2 Å². The Morgan fingerprint density at radius 1 is 0.653 bits per heavy atom. The van der Waals surface area contributed by atoms with E-state index in [1.165, 1.54) is 23.5 Å². The van der Waals surface area contributed by atoms with Crippen LogP contribution in [0, 0.1) is 23.7 Å². The molecule has 0 radical (unpaired) electrons. The molecule has 98 heavy (non-hydrogen) atoms. The second-order valence-electron chi connectivity index (χ2n) is 24.8. The van der Waals surface area contributed by atoms with Crippen LogP contribution in [0.3, 0.4) is 0 Å². The predicted molar refractivity (Wildman–Crippen MR) is 372 cm³/mol. The molecular formula is C68H90N18O9S3. The lowest BCUT2D eigenvalue weighted by Gasteiger charge is -2.32. The Morgan fingerprint density at radius 3 is 1.68 bits per heavy atom. The topological polar surface area (TPSA) is 328 Å². The van der Waals surface area contributed by atoms with Gasteiger partial charge in [-0.05, 0) is 180 Å². The number of hydrogen-bond donors (Lipinski definition) is 8. The number of unbranched alkanes of at least 4 members (excludes halogenated alkanes) is 3. The van der Waals surface area contributed by atoms with E-state index in [0.29, 0.717) is 104 Å². The summed E-state index contributed by atoms with van der Waals surface area (Å²) < 4.78 is 15.9. The second kappa shape index (κ2) is 37.7. The minimum atomic E-state index is -1.07. The van der Waals surface area contributed by atoms with Crippen molar-refractivity contribution < 1.29 is 43.0 Å². The van der Waals surface area contributed by atoms with Gasteiger partial charge in [0.05, 0.1) is 61.5 Å². The molecule has 0 bridgehead atoms. The molecule has 8 amide bonds. The molecule has 524 valence electrons. The van der Waals surface area contributed by atoms with E-state index < -0.39 is 36.4 Å². The van der Waals surface area contributed by atoms with Crippen molar-refractivity contribution in [2.75, 3.05) is 58.0 Å². The van der Waals surface area contributed by atoms with Crippen LogP contribution in [0.15, 0.2) is 99.0 Å². The minimum Gasteiger partial charge on any atom is -0.363 e. The van der Waals surface area contributed by atoms with Crippen LogP contribution in [-0.2, 0) is 51.3 Å². The number of hydrogen-bond acceptors (Lipinski definition) is 20. The first kappa shape index (κ1) is 74.1. The molecule has 6 heterocycles. The molecule has 5 aromatic rings. The highest BCUT2D eigenvalue weighted by atomic mass is 32.2. The van der Waals surface area contributed by atoms with E-state index in [4.69, 9.17) is 9.47 Å². The molecule has 8 N–H and O–H groups in total. The van der Waals surface area contributed by atoms with Crippen molar-refractivity contribution in [1.29, 1.82) is 0 Å². The Balaban J connectivity index is 0.839. The van der Waals surface area contributed by atoms with E-state index in [-0.39, 0.29) is 85.3 Å². The first-order valence-corrected chi connectivity index (χ1v) is 36.4. The number of anilines is 1. The molecular weight excluding hydrogens is 1310 g/mol. The summed E-state index contributed by atoms with van der Waals surface area (Å²) in [4.78, 5) is 99.7. The first-order chi connectivity index (χ1) is 47.5. The van der Waals surface area contributed by atoms with Crippen LogP contribution < -0.4 is 42.5 Å². The van der Waals surface area contributed by atoms with E-state index in [9.17, 15) is 33.6 Å². The summed E-state index contributed by atoms with van der Waals surface area (Å²) >= 11 is 4.73. The van der Waals surface area contributed by atoms with Gasteiger partial charge in [-0.2, -0.15) is 11.8 Å². The number of aromatic nitrogens is 8. The standard InChI is InChI=1S/C68H90N18O9S3/c1-44(69-5)62(89)74-59(64(91)83-34-18-24-51(83)41-85-67(77-79-81-85)97-53-26-10-7-11-27-53)46(3)94-36-20-22-48-38-49(40-50(39-48)72-58(88)32-14-9-17-33-71-57(87)31-16-15-30-56-61-55(43-96-56)73-66(93)76-61)23-21-37-95-47(4)60(75-63(90)45(2)70-6)65(92)84-35-19-25-52(84)42-86-68(78-80-82-86)98-54-28-12-8-13-29-54/h7-8,10-13,26-29,38-40,44-47,51-52,55-56,59-61,69-70H,9,14-19,24-25,30-37,41-43H2,1-6H3,(H,71,87)(H,72,88)(H,74,89)(H,75,90)(H2,73,76,93)/t44-,45-,46?,47?,51-,52-,55-,56?,59-,60-,61-/m0/s1. The van der Waals surface area contributed by atoms with Gasteiger partial charge in [0.25, 0.3) is 0 Å². The van der Waals surface area contributed by atoms with Crippen LogP contribution in [0.5, 0.6) is 0 Å². The summed E-state index contributed by atoms with van der Waals surface area (Å²) in [6.07, 6.45) is 6.55. The molecule has 4 saturated heterocycles. The van der Waals surface area contributed by atoms with Crippen molar-refractivity contribution in [2.45, 2.75) is 204 Å². The third kappa shape index (κ3) is 21.7. The number of carbonyl (C=O) groups is 7. The Labute approximate surface area is 585 Å². The fraction of sp³-hybridized carbons (Fsp3) is 0.544. The molecule has 2 aromatic heterocycles. The van der Waals surface area contributed by atoms with E-state index >= 15 is 0 Å². The summed E-state index contributed by atoms with van der Waals surface area (Å²) in [5, 5.41) is 50.2. The zero-order valence-electron chi connectivity index (χ0n) is 56.4. The molecule has 4 fully saturated rings. The lowest BCUT2D eigenvalue weighted by molar-refractivity contribution is -0.142. The van der Waals surface area contributed by atoms with E-state index in [0.717, 1.165) is 47.6 Å². The van der Waals surface area contributed by atoms with Gasteiger partial charge in [0, 0.05) is 70.1 Å². The molecule has 27 nitrogen and oxygen atoms in total. The maximum atomic E-state index is 14.6. The zero-order chi connectivity index (χ0) is 69.3. The average Bonchev–Trinajstić information content (AvgIpc) is 1.64. The number of benzene rings is 3. The Morgan fingerprint density at radius 2 is 1.16 bits per heavy atom. The number of carbonyl (C=O) groups excluding carboxylic acids is 7. The number of fused-ring (bicyclic) bond motifs is 1. The zero-order valence-corrected chi connectivity index (χ0v) is 58.8. The number of nitrogens with one attached hydrogen (secondary N) is 8. The van der Waals surface area contributed by atoms with E-state index in [2.05, 4.69) is 97.3 Å². The van der Waals surface area contributed by atoms with Gasteiger partial charge in [-0.15, -0.1) is 10.2 Å². The second-order valence-corrected chi connectivity index (χ2v) is 28.1. The highest BCUT2D eigenvalue weighted by Gasteiger charge is 2.43. The predicted octanol–water partition coefficient (Wildman–Crippen LogP) is 4.38. The van der Waals surface area contributed by atoms with Crippen molar-refractivity contribution in [1.82, 2.24) is 87.4 Å². The smallest absolute Gasteiger partial charge is 0.315 e. The number of tetrazole rings is 2. The van der Waals surface area contributed by atoms with Crippen molar-refractivity contribution in [3.8, 4) is 23.7 Å². The minimum absolute atomic E-state index is 0.000566. The quantitative estimate of drug-likeness (QED) is 0.0161. The number of likely N-dealkylation sites (tertiary alicyclic amines) is 2. The van der Waals surface area contributed by atoms with Crippen molar-refractivity contribution in [2.24, 2.45) is 0 Å². The fourth-order valence-electron chi connectivity index (χ4n) is 12.0. The molecule has 30 heteroatoms. The monoisotopic (exact) mass is 1400 g/mol. The highest BCUT2D eigenvalue weighted by molar-refractivity contribution is 8.00. The lowest BCUT2D eigenvalue weighted by atomic mass is 10.0. The summed E-state index contributed by atoms with van der Waals surface area (Å²) in [5.41, 5.74) is 1.43. The Hall–Kier alpha value is -8.10. The normalized spacial score (nSPS) is 19.7. The number of rotatable bonds is 34. The largest absolute Gasteiger partial charge is 0.363 e. The number of ether oxygens (including phenoxy) is 2. The highest BCUT2D eigenvalue weighted by Crippen LogP contribution is 2.34. The third-order valence-corrected chi connectivity index (χ3v) is 21.2. The van der Waals surface area contributed by atoms with Crippen molar-refractivity contribution in [3.05, 3.63) is 90.0 Å². The Bertz CT molecular complexity index is 3440. The number of urea groups is 1. The Kier molecular flexibility index (Phi) is 28.6. The molecule has 3 unspecified atom stereocenters. The van der Waals surface area contributed by atoms with E-state index in [1.807, 2.05) is 72.4 Å². The van der Waals surface area contributed by atoms with Crippen LogP contribution in [-0.4, -0.2) is 210 Å². The average molecular weight is 1400 g/mol. The van der Waals surface area contributed by atoms with Crippen molar-refractivity contribution in [3.63, 3.8) is 0 Å². The van der Waals surface area contributed by atoms with Gasteiger partial charge in [0.2, 0.25) is 45.8 Å². The van der Waals surface area contributed by atoms with Gasteiger partial charge < -0.3 is 61.8 Å². The maximum Gasteiger partial charge on any atom is 0.315 e. The number of thioether (sulfide) groups is 1. The van der Waals surface area contributed by atoms with Gasteiger partial charge in [0.15, 0.2) is 0 Å². The summed E-state index contributed by atoms with van der Waals surface area (Å²) in [7, 11) is 3.33. The third-order valence-electron chi connectivity index (χ3n) is 17.7. The van der Waals surface area contributed by atoms with E-state index in [1.54, 1.807) is 79.2 Å². The number of nitrogens with zero attached hydrogens (tertiary/aromatic N) is 10. The fourth-order valence-corrected chi connectivity index (χ4v) is 15.1. The van der Waals surface area contributed by atoms with Crippen LogP contribution in [0.2, 0.25) is 0 Å². The molecule has 11 atom stereocenters. The molecule has 0 aliphatic carbocycles. The maximum absolute atomic E-state index is 14.6. The van der Waals surface area contributed by atoms with Crippen LogP contribution in [0.25, 0.3) is 0 Å². The van der Waals surface area contributed by atoms with Crippen LogP contribution in [0.4, 0.5) is 10.5 Å². The molecule has 0 spiro atoms. The number of likely N-dealkylation sites (N-methyl/N-ethyl adjacent to an activating group) is 2. The summed E-state index contributed by atoms with van der Waals surface area (Å²) in [6.45, 7) is 8.75. The van der Waals surface area contributed by atoms with Gasteiger partial charge in [0.1, 0.15) is 25.3 Å². The first-order valence-electron chi connectivity index (χ1n) is 33.7. The van der Waals surface area contributed by atoms with Gasteiger partial charge >= 0.3 is 6.03 Å². The SMILES string of the molecule is CN[C@@H](C)C(=O)N[C@H](C(=O)N1CCC[C@H]1Cn1nnnc1Sc1ccccc1)C(C)OCC#Cc1cc(C#CCOC(C)[C@H](NC(=O)[C@H](C)NC)C(=O)N2CCC[C@H]2Cn2nnnc2Sc2ccccc2)cc(NC(=O)CCCCCNC(=O)CCCCC2SC[C@@H]3NC(=O)N[C@H]23)c1. The molecule has 4 aliphatic rings. The summed E-state index contributed by atoms with van der Waals surface area (Å²) in [5.74, 6) is 11.7. The molecule has 9 rings (SSSR count). The number of amides is 8. The van der Waals surface area contributed by atoms with Gasteiger partial charge in [-0.3, -0.25) is 28.8 Å². The van der Waals surface area contributed by atoms with Gasteiger partial charge in [-0.1, -0.05) is 72.9 Å². The molecule has 0 saturated carbocycles. The molecule has 3 aromatic carbocycles.